The van der Waals surface area contributed by atoms with Crippen LogP contribution < -0.4 is 5.32 Å². The maximum atomic E-state index is 4.64. The highest BCUT2D eigenvalue weighted by atomic mass is 32.1. The van der Waals surface area contributed by atoms with Gasteiger partial charge in [0.15, 0.2) is 0 Å². The summed E-state index contributed by atoms with van der Waals surface area (Å²) in [5.41, 5.74) is 1.26. The Labute approximate surface area is 119 Å². The van der Waals surface area contributed by atoms with Gasteiger partial charge >= 0.3 is 0 Å². The Morgan fingerprint density at radius 1 is 1.42 bits per heavy atom. The highest BCUT2D eigenvalue weighted by Gasteiger charge is 2.36. The molecule has 4 rings (SSSR count). The number of piperazine rings is 3. The summed E-state index contributed by atoms with van der Waals surface area (Å²) in [6, 6.07) is 1.19. The van der Waals surface area contributed by atoms with Crippen molar-refractivity contribution in [3.63, 3.8) is 0 Å². The van der Waals surface area contributed by atoms with Gasteiger partial charge in [0.1, 0.15) is 0 Å². The van der Waals surface area contributed by atoms with E-state index in [1.54, 1.807) is 11.3 Å². The summed E-state index contributed by atoms with van der Waals surface area (Å²) in [7, 11) is 0. The van der Waals surface area contributed by atoms with Gasteiger partial charge in [-0.05, 0) is 13.5 Å². The van der Waals surface area contributed by atoms with Crippen molar-refractivity contribution in [1.82, 2.24) is 20.1 Å². The quantitative estimate of drug-likeness (QED) is 0.871. The second-order valence-electron chi connectivity index (χ2n) is 5.63. The third kappa shape index (κ3) is 2.99. The summed E-state index contributed by atoms with van der Waals surface area (Å²) in [6.45, 7) is 11.5. The molecule has 0 aromatic carbocycles. The number of fused-ring (bicyclic) bond motifs is 3. The van der Waals surface area contributed by atoms with Crippen molar-refractivity contribution >= 4 is 11.3 Å². The van der Waals surface area contributed by atoms with Gasteiger partial charge in [-0.15, -0.1) is 11.3 Å². The Morgan fingerprint density at radius 2 is 2.21 bits per heavy atom. The maximum Gasteiger partial charge on any atom is 0.0897 e. The Kier molecular flexibility index (Phi) is 4.17. The first-order valence-corrected chi connectivity index (χ1v) is 8.25. The van der Waals surface area contributed by atoms with Crippen LogP contribution in [0.3, 0.4) is 0 Å². The molecule has 1 N–H and O–H groups in total. The number of hydrogen-bond donors (Lipinski definition) is 1. The summed E-state index contributed by atoms with van der Waals surface area (Å²) >= 11 is 1.76. The second-order valence-corrected chi connectivity index (χ2v) is 6.69. The lowest BCUT2D eigenvalue weighted by atomic mass is 9.96. The normalized spacial score (nSPS) is 31.6. The lowest BCUT2D eigenvalue weighted by molar-refractivity contribution is -0.00300. The van der Waals surface area contributed by atoms with Gasteiger partial charge < -0.3 is 5.32 Å². The van der Waals surface area contributed by atoms with Crippen LogP contribution in [0.5, 0.6) is 0 Å². The predicted octanol–water partition coefficient (Wildman–Crippen LogP) is 0.972. The molecule has 3 aliphatic heterocycles. The first-order chi connectivity index (χ1) is 9.26. The summed E-state index contributed by atoms with van der Waals surface area (Å²) in [5.74, 6) is 0. The van der Waals surface area contributed by atoms with Crippen molar-refractivity contribution in [1.29, 1.82) is 0 Å². The largest absolute Gasteiger partial charge is 0.312 e. The van der Waals surface area contributed by atoms with E-state index in [9.17, 15) is 0 Å². The smallest absolute Gasteiger partial charge is 0.0897 e. The van der Waals surface area contributed by atoms with E-state index in [-0.39, 0.29) is 0 Å². The van der Waals surface area contributed by atoms with Crippen LogP contribution in [0.1, 0.15) is 17.6 Å². The fourth-order valence-corrected chi connectivity index (χ4v) is 4.00. The third-order valence-electron chi connectivity index (χ3n) is 4.35. The molecule has 2 unspecified atom stereocenters. The molecule has 0 saturated carbocycles. The van der Waals surface area contributed by atoms with Crippen molar-refractivity contribution < 1.29 is 0 Å². The Balaban J connectivity index is 1.69. The maximum absolute atomic E-state index is 4.64. The third-order valence-corrected chi connectivity index (χ3v) is 5.17. The highest BCUT2D eigenvalue weighted by molar-refractivity contribution is 7.09. The van der Waals surface area contributed by atoms with Gasteiger partial charge in [0, 0.05) is 56.6 Å². The first-order valence-electron chi connectivity index (χ1n) is 7.37. The first kappa shape index (κ1) is 13.5. The molecule has 4 nitrogen and oxygen atoms in total. The molecule has 0 radical (unpaired) electrons. The van der Waals surface area contributed by atoms with Gasteiger partial charge in [-0.1, -0.05) is 6.92 Å². The molecular weight excluding hydrogens is 256 g/mol. The monoisotopic (exact) mass is 280 g/mol. The molecular formula is C14H24N4S. The van der Waals surface area contributed by atoms with Crippen molar-refractivity contribution in [2.24, 2.45) is 0 Å². The van der Waals surface area contributed by atoms with E-state index in [0.717, 1.165) is 13.0 Å². The Bertz CT molecular complexity index is 411. The molecule has 4 heterocycles. The zero-order valence-electron chi connectivity index (χ0n) is 11.9. The van der Waals surface area contributed by atoms with E-state index in [2.05, 4.69) is 39.3 Å². The van der Waals surface area contributed by atoms with Gasteiger partial charge in [-0.3, -0.25) is 9.80 Å². The summed E-state index contributed by atoms with van der Waals surface area (Å²) in [6.07, 6.45) is 1.06. The zero-order valence-corrected chi connectivity index (χ0v) is 12.7. The van der Waals surface area contributed by atoms with Crippen LogP contribution in [0.2, 0.25) is 0 Å². The highest BCUT2D eigenvalue weighted by Crippen LogP contribution is 2.21. The van der Waals surface area contributed by atoms with E-state index in [1.165, 1.54) is 43.4 Å². The lowest BCUT2D eigenvalue weighted by Gasteiger charge is -2.50. The van der Waals surface area contributed by atoms with E-state index in [1.807, 2.05) is 0 Å². The van der Waals surface area contributed by atoms with Gasteiger partial charge in [0.2, 0.25) is 0 Å². The number of nitrogens with one attached hydrogen (secondary N) is 1. The predicted molar refractivity (Wildman–Crippen MR) is 79.8 cm³/mol. The average molecular weight is 280 g/mol. The summed E-state index contributed by atoms with van der Waals surface area (Å²) in [5, 5.41) is 7.09. The van der Waals surface area contributed by atoms with Crippen LogP contribution in [0.4, 0.5) is 0 Å². The fourth-order valence-electron chi connectivity index (χ4n) is 3.37. The zero-order chi connectivity index (χ0) is 13.2. The molecule has 0 aliphatic carbocycles. The molecule has 5 heteroatoms. The van der Waals surface area contributed by atoms with E-state index >= 15 is 0 Å². The van der Waals surface area contributed by atoms with Crippen molar-refractivity contribution in [2.45, 2.75) is 32.4 Å². The molecule has 2 bridgehead atoms. The molecule has 106 valence electrons. The SMILES string of the molecule is CCNC(Cc1csc(C)n1)C1CN2CCN1CC2. The van der Waals surface area contributed by atoms with Gasteiger partial charge in [0.25, 0.3) is 0 Å². The molecule has 1 aromatic rings. The number of rotatable bonds is 5. The number of thiazole rings is 1. The standard InChI is InChI=1S/C14H24N4S/c1-3-15-13(8-12-10-19-11(2)16-12)14-9-17-4-6-18(14)7-5-17/h10,13-15H,3-9H2,1-2H3. The van der Waals surface area contributed by atoms with Crippen LogP contribution in [0.15, 0.2) is 5.38 Å². The lowest BCUT2D eigenvalue weighted by Crippen LogP contribution is -2.66. The topological polar surface area (TPSA) is 31.4 Å². The molecule has 1 aromatic heterocycles. The Hall–Kier alpha value is -0.490. The molecule has 3 aliphatic rings. The Morgan fingerprint density at radius 3 is 2.74 bits per heavy atom. The van der Waals surface area contributed by atoms with Crippen LogP contribution in [-0.4, -0.2) is 66.1 Å². The molecule has 2 atom stereocenters. The molecule has 3 fully saturated rings. The summed E-state index contributed by atoms with van der Waals surface area (Å²) < 4.78 is 0. The number of likely N-dealkylation sites (N-methyl/N-ethyl adjacent to an activating group) is 1. The summed E-state index contributed by atoms with van der Waals surface area (Å²) in [4.78, 5) is 9.92. The van der Waals surface area contributed by atoms with Gasteiger partial charge in [0.05, 0.1) is 10.7 Å². The molecule has 3 saturated heterocycles. The van der Waals surface area contributed by atoms with Crippen LogP contribution in [-0.2, 0) is 6.42 Å². The second kappa shape index (κ2) is 5.87. The fraction of sp³-hybridized carbons (Fsp3) is 0.786. The molecule has 0 spiro atoms. The van der Waals surface area contributed by atoms with E-state index < -0.39 is 0 Å². The number of aromatic nitrogens is 1. The molecule has 0 amide bonds. The minimum atomic E-state index is 0.537. The number of hydrogen-bond acceptors (Lipinski definition) is 5. The van der Waals surface area contributed by atoms with Gasteiger partial charge in [-0.25, -0.2) is 4.98 Å². The number of nitrogens with zero attached hydrogens (tertiary/aromatic N) is 3. The number of aryl methyl sites for hydroxylation is 1. The van der Waals surface area contributed by atoms with Crippen molar-refractivity contribution in [3.05, 3.63) is 16.1 Å². The minimum absolute atomic E-state index is 0.537. The average Bonchev–Trinajstić information content (AvgIpc) is 2.85. The van der Waals surface area contributed by atoms with E-state index in [4.69, 9.17) is 0 Å². The van der Waals surface area contributed by atoms with E-state index in [0.29, 0.717) is 12.1 Å². The van der Waals surface area contributed by atoms with Crippen molar-refractivity contribution in [2.75, 3.05) is 39.3 Å². The van der Waals surface area contributed by atoms with Crippen LogP contribution in [0.25, 0.3) is 0 Å². The van der Waals surface area contributed by atoms with Crippen LogP contribution in [0, 0.1) is 6.92 Å². The van der Waals surface area contributed by atoms with Crippen molar-refractivity contribution in [3.8, 4) is 0 Å². The minimum Gasteiger partial charge on any atom is -0.312 e. The molecule has 19 heavy (non-hydrogen) atoms. The van der Waals surface area contributed by atoms with Crippen LogP contribution >= 0.6 is 11.3 Å². The van der Waals surface area contributed by atoms with Gasteiger partial charge in [-0.2, -0.15) is 0 Å².